The van der Waals surface area contributed by atoms with E-state index < -0.39 is 5.60 Å². The number of allylic oxidation sites excluding steroid dienone is 1. The molecule has 3 nitrogen and oxygen atoms in total. The molecule has 0 aromatic heterocycles. The molecule has 0 amide bonds. The lowest BCUT2D eigenvalue weighted by Gasteiger charge is -2.44. The molecule has 98 valence electrons. The Bertz CT molecular complexity index is 285. The average molecular weight is 240 g/mol. The predicted octanol–water partition coefficient (Wildman–Crippen LogP) is 1.93. The highest BCUT2D eigenvalue weighted by molar-refractivity contribution is 5.82. The Morgan fingerprint density at radius 2 is 2.24 bits per heavy atom. The first-order valence-corrected chi connectivity index (χ1v) is 6.43. The van der Waals surface area contributed by atoms with E-state index in [1.54, 1.807) is 6.08 Å². The number of hydrogen-bond donors (Lipinski definition) is 2. The maximum atomic E-state index is 12.0. The van der Waals surface area contributed by atoms with E-state index in [0.29, 0.717) is 12.8 Å². The largest absolute Gasteiger partial charge is 0.393 e. The summed E-state index contributed by atoms with van der Waals surface area (Å²) in [5.74, 6) is 0.149. The van der Waals surface area contributed by atoms with Crippen molar-refractivity contribution in [3.63, 3.8) is 0 Å². The number of hydrogen-bond acceptors (Lipinski definition) is 3. The second-order valence-corrected chi connectivity index (χ2v) is 5.47. The summed E-state index contributed by atoms with van der Waals surface area (Å²) in [7, 11) is 0. The molecule has 2 N–H and O–H groups in total. The normalized spacial score (nSPS) is 34.1. The van der Waals surface area contributed by atoms with Gasteiger partial charge in [-0.3, -0.25) is 4.79 Å². The van der Waals surface area contributed by atoms with Crippen LogP contribution < -0.4 is 0 Å². The molecule has 17 heavy (non-hydrogen) atoms. The Labute approximate surface area is 104 Å². The van der Waals surface area contributed by atoms with Crippen LogP contribution in [0.2, 0.25) is 0 Å². The van der Waals surface area contributed by atoms with Crippen LogP contribution in [-0.2, 0) is 4.79 Å². The Hall–Kier alpha value is -0.670. The molecule has 0 heterocycles. The van der Waals surface area contributed by atoms with E-state index in [4.69, 9.17) is 0 Å². The first-order valence-electron chi connectivity index (χ1n) is 6.43. The third-order valence-electron chi connectivity index (χ3n) is 3.97. The Morgan fingerprint density at radius 1 is 1.59 bits per heavy atom. The molecule has 0 aromatic rings. The summed E-state index contributed by atoms with van der Waals surface area (Å²) in [6.07, 6.45) is 4.05. The van der Waals surface area contributed by atoms with E-state index in [2.05, 4.69) is 6.58 Å². The molecule has 0 saturated heterocycles. The topological polar surface area (TPSA) is 57.5 Å². The minimum absolute atomic E-state index is 0.138. The smallest absolute Gasteiger partial charge is 0.136 e. The van der Waals surface area contributed by atoms with Crippen molar-refractivity contribution in [3.8, 4) is 0 Å². The highest BCUT2D eigenvalue weighted by atomic mass is 16.3. The van der Waals surface area contributed by atoms with Crippen LogP contribution in [0.5, 0.6) is 0 Å². The molecule has 3 heteroatoms. The highest BCUT2D eigenvalue weighted by Gasteiger charge is 2.47. The molecule has 0 aliphatic heterocycles. The molecule has 0 bridgehead atoms. The highest BCUT2D eigenvalue weighted by Crippen LogP contribution is 2.42. The first kappa shape index (κ1) is 14.4. The molecule has 0 aromatic carbocycles. The van der Waals surface area contributed by atoms with E-state index >= 15 is 0 Å². The van der Waals surface area contributed by atoms with Crippen LogP contribution in [-0.4, -0.2) is 28.2 Å². The van der Waals surface area contributed by atoms with Gasteiger partial charge in [0.2, 0.25) is 0 Å². The standard InChI is InChI=1S/C14H24O3/c1-4-5-6-11-13(10(2)3)12(16)7-8-14(11,17)9-15/h4,10-11,13,15,17H,1,5-9H2,2-3H3/t11-,13?,14+/m0/s1. The van der Waals surface area contributed by atoms with E-state index in [1.807, 2.05) is 13.8 Å². The zero-order chi connectivity index (χ0) is 13.1. The van der Waals surface area contributed by atoms with Gasteiger partial charge in [0.25, 0.3) is 0 Å². The molecule has 0 radical (unpaired) electrons. The van der Waals surface area contributed by atoms with Gasteiger partial charge in [-0.2, -0.15) is 0 Å². The summed E-state index contributed by atoms with van der Waals surface area (Å²) in [6.45, 7) is 7.43. The second-order valence-electron chi connectivity index (χ2n) is 5.47. The average Bonchev–Trinajstić information content (AvgIpc) is 2.29. The number of carbonyl (C=O) groups is 1. The lowest BCUT2D eigenvalue weighted by atomic mass is 9.63. The molecule has 1 fully saturated rings. The van der Waals surface area contributed by atoms with Crippen LogP contribution in [0.1, 0.15) is 39.5 Å². The van der Waals surface area contributed by atoms with E-state index in [9.17, 15) is 15.0 Å². The van der Waals surface area contributed by atoms with Crippen molar-refractivity contribution >= 4 is 5.78 Å². The molecule has 1 rings (SSSR count). The van der Waals surface area contributed by atoms with Crippen molar-refractivity contribution in [2.24, 2.45) is 17.8 Å². The Kier molecular flexibility index (Phi) is 4.90. The van der Waals surface area contributed by atoms with Crippen molar-refractivity contribution in [2.75, 3.05) is 6.61 Å². The number of Topliss-reactive ketones (excluding diaryl/α,β-unsaturated/α-hetero) is 1. The van der Waals surface area contributed by atoms with Gasteiger partial charge in [0.1, 0.15) is 5.78 Å². The van der Waals surface area contributed by atoms with Crippen molar-refractivity contribution in [2.45, 2.75) is 45.1 Å². The number of ketones is 1. The van der Waals surface area contributed by atoms with Gasteiger partial charge >= 0.3 is 0 Å². The zero-order valence-electron chi connectivity index (χ0n) is 10.9. The van der Waals surface area contributed by atoms with Crippen LogP contribution in [0.4, 0.5) is 0 Å². The van der Waals surface area contributed by atoms with Crippen LogP contribution in [0, 0.1) is 17.8 Å². The molecule has 1 saturated carbocycles. The number of aliphatic hydroxyl groups is 2. The SMILES string of the molecule is C=CCC[C@H]1C(C(C)C)C(=O)CC[C@@]1(O)CO. The van der Waals surface area contributed by atoms with Crippen LogP contribution in [0.3, 0.4) is 0 Å². The van der Waals surface area contributed by atoms with Crippen LogP contribution in [0.15, 0.2) is 12.7 Å². The maximum absolute atomic E-state index is 12.0. The van der Waals surface area contributed by atoms with Gasteiger partial charge in [0.05, 0.1) is 12.2 Å². The molecule has 0 spiro atoms. The molecule has 1 unspecified atom stereocenters. The number of carbonyl (C=O) groups excluding carboxylic acids is 1. The fourth-order valence-corrected chi connectivity index (χ4v) is 3.03. The van der Waals surface area contributed by atoms with E-state index in [0.717, 1.165) is 12.8 Å². The fraction of sp³-hybridized carbons (Fsp3) is 0.786. The van der Waals surface area contributed by atoms with Gasteiger partial charge in [-0.15, -0.1) is 6.58 Å². The fourth-order valence-electron chi connectivity index (χ4n) is 3.03. The van der Waals surface area contributed by atoms with Crippen molar-refractivity contribution < 1.29 is 15.0 Å². The van der Waals surface area contributed by atoms with Gasteiger partial charge in [-0.25, -0.2) is 0 Å². The summed E-state index contributed by atoms with van der Waals surface area (Å²) in [5, 5.41) is 19.9. The third-order valence-corrected chi connectivity index (χ3v) is 3.97. The monoisotopic (exact) mass is 240 g/mol. The molecule has 1 aliphatic rings. The first-order chi connectivity index (χ1) is 7.96. The second kappa shape index (κ2) is 5.78. The van der Waals surface area contributed by atoms with Gasteiger partial charge in [-0.1, -0.05) is 19.9 Å². The quantitative estimate of drug-likeness (QED) is 0.722. The summed E-state index contributed by atoms with van der Waals surface area (Å²) in [4.78, 5) is 12.0. The predicted molar refractivity (Wildman–Crippen MR) is 67.5 cm³/mol. The van der Waals surface area contributed by atoms with Crippen molar-refractivity contribution in [1.82, 2.24) is 0 Å². The Balaban J connectivity index is 2.95. The summed E-state index contributed by atoms with van der Waals surface area (Å²) in [6, 6.07) is 0. The summed E-state index contributed by atoms with van der Waals surface area (Å²) >= 11 is 0. The molecule has 1 aliphatic carbocycles. The van der Waals surface area contributed by atoms with Crippen molar-refractivity contribution in [3.05, 3.63) is 12.7 Å². The minimum atomic E-state index is -1.09. The lowest BCUT2D eigenvalue weighted by molar-refractivity contribution is -0.151. The van der Waals surface area contributed by atoms with Gasteiger partial charge in [0.15, 0.2) is 0 Å². The number of aliphatic hydroxyl groups excluding tert-OH is 1. The maximum Gasteiger partial charge on any atom is 0.136 e. The van der Waals surface area contributed by atoms with E-state index in [-0.39, 0.29) is 30.1 Å². The summed E-state index contributed by atoms with van der Waals surface area (Å²) in [5.41, 5.74) is -1.09. The Morgan fingerprint density at radius 3 is 2.71 bits per heavy atom. The zero-order valence-corrected chi connectivity index (χ0v) is 10.9. The van der Waals surface area contributed by atoms with E-state index in [1.165, 1.54) is 0 Å². The van der Waals surface area contributed by atoms with Crippen molar-refractivity contribution in [1.29, 1.82) is 0 Å². The van der Waals surface area contributed by atoms with Gasteiger partial charge < -0.3 is 10.2 Å². The summed E-state index contributed by atoms with van der Waals surface area (Å²) < 4.78 is 0. The molecular formula is C14H24O3. The van der Waals surface area contributed by atoms with Gasteiger partial charge in [-0.05, 0) is 25.2 Å². The lowest BCUT2D eigenvalue weighted by Crippen LogP contribution is -2.52. The third kappa shape index (κ3) is 2.96. The minimum Gasteiger partial charge on any atom is -0.393 e. The van der Waals surface area contributed by atoms with Crippen LogP contribution >= 0.6 is 0 Å². The van der Waals surface area contributed by atoms with Gasteiger partial charge in [0, 0.05) is 18.3 Å². The van der Waals surface area contributed by atoms with Crippen LogP contribution in [0.25, 0.3) is 0 Å². The molecular weight excluding hydrogens is 216 g/mol. The number of rotatable bonds is 5. The molecule has 3 atom stereocenters.